The molecule has 1 amide bonds. The Balaban J connectivity index is 2.17. The number of carbonyl (C=O) groups is 1. The first-order valence-corrected chi connectivity index (χ1v) is 7.67. The maximum Gasteiger partial charge on any atom is 0.236 e. The van der Waals surface area contributed by atoms with E-state index < -0.39 is 5.60 Å². The molecule has 22 heavy (non-hydrogen) atoms. The second-order valence-corrected chi connectivity index (χ2v) is 6.29. The van der Waals surface area contributed by atoms with E-state index in [0.717, 1.165) is 30.7 Å². The molecule has 1 saturated heterocycles. The molecule has 122 valence electrons. The van der Waals surface area contributed by atoms with Crippen LogP contribution < -0.4 is 4.74 Å². The molecule has 0 unspecified atom stereocenters. The van der Waals surface area contributed by atoms with Crippen molar-refractivity contribution >= 4 is 5.91 Å². The Morgan fingerprint density at radius 3 is 2.59 bits per heavy atom. The minimum atomic E-state index is -0.991. The summed E-state index contributed by atoms with van der Waals surface area (Å²) in [6.45, 7) is 3.03. The number of ether oxygens (including phenoxy) is 1. The summed E-state index contributed by atoms with van der Waals surface area (Å²) in [5, 5.41) is 11.1. The lowest BCUT2D eigenvalue weighted by atomic mass is 9.86. The van der Waals surface area contributed by atoms with Gasteiger partial charge in [-0.05, 0) is 44.0 Å². The van der Waals surface area contributed by atoms with Crippen molar-refractivity contribution in [2.24, 2.45) is 0 Å². The number of likely N-dealkylation sites (N-methyl/N-ethyl adjacent to an activating group) is 1. The number of hydrogen-bond acceptors (Lipinski definition) is 4. The highest BCUT2D eigenvalue weighted by Gasteiger charge is 2.41. The zero-order chi connectivity index (χ0) is 16.3. The van der Waals surface area contributed by atoms with Gasteiger partial charge < -0.3 is 14.7 Å². The number of amides is 1. The molecule has 0 aromatic heterocycles. The molecule has 1 fully saturated rings. The van der Waals surface area contributed by atoms with Crippen LogP contribution in [-0.4, -0.2) is 61.2 Å². The maximum atomic E-state index is 12.0. The standard InChI is InChI=1S/C17H26N2O3/c1-17(21,13-7-9-14(22-4)10-8-13)15-6-5-11-19(15)12-16(20)18(2)3/h7-10,15,21H,5-6,11-12H2,1-4H3/t15-,17+/m0/s1. The maximum absolute atomic E-state index is 12.0. The van der Waals surface area contributed by atoms with Gasteiger partial charge in [-0.15, -0.1) is 0 Å². The fraction of sp³-hybridized carbons (Fsp3) is 0.588. The summed E-state index contributed by atoms with van der Waals surface area (Å²) < 4.78 is 5.17. The van der Waals surface area contributed by atoms with Gasteiger partial charge in [-0.3, -0.25) is 9.69 Å². The second kappa shape index (κ2) is 6.67. The lowest BCUT2D eigenvalue weighted by molar-refractivity contribution is -0.131. The SMILES string of the molecule is COc1ccc([C@@](C)(O)[C@@H]2CCCN2CC(=O)N(C)C)cc1. The highest BCUT2D eigenvalue weighted by atomic mass is 16.5. The number of rotatable bonds is 5. The van der Waals surface area contributed by atoms with Crippen LogP contribution in [0.2, 0.25) is 0 Å². The lowest BCUT2D eigenvalue weighted by Crippen LogP contribution is -2.48. The van der Waals surface area contributed by atoms with Gasteiger partial charge in [-0.25, -0.2) is 0 Å². The molecule has 0 saturated carbocycles. The second-order valence-electron chi connectivity index (χ2n) is 6.29. The first-order valence-electron chi connectivity index (χ1n) is 7.67. The number of hydrogen-bond donors (Lipinski definition) is 1. The molecule has 5 heteroatoms. The number of likely N-dealkylation sites (tertiary alicyclic amines) is 1. The van der Waals surface area contributed by atoms with E-state index in [0.29, 0.717) is 6.54 Å². The van der Waals surface area contributed by atoms with Crippen molar-refractivity contribution in [3.63, 3.8) is 0 Å². The summed E-state index contributed by atoms with van der Waals surface area (Å²) in [6.07, 6.45) is 1.89. The third-order valence-electron chi connectivity index (χ3n) is 4.52. The van der Waals surface area contributed by atoms with Crippen LogP contribution >= 0.6 is 0 Å². The summed E-state index contributed by atoms with van der Waals surface area (Å²) >= 11 is 0. The normalized spacial score (nSPS) is 21.4. The predicted molar refractivity (Wildman–Crippen MR) is 85.9 cm³/mol. The lowest BCUT2D eigenvalue weighted by Gasteiger charge is -2.37. The zero-order valence-corrected chi connectivity index (χ0v) is 13.9. The molecule has 5 nitrogen and oxygen atoms in total. The molecule has 2 rings (SSSR count). The average molecular weight is 306 g/mol. The van der Waals surface area contributed by atoms with E-state index >= 15 is 0 Å². The van der Waals surface area contributed by atoms with Crippen LogP contribution in [0.1, 0.15) is 25.3 Å². The van der Waals surface area contributed by atoms with Gasteiger partial charge in [0.25, 0.3) is 0 Å². The number of aliphatic hydroxyl groups is 1. The van der Waals surface area contributed by atoms with Crippen molar-refractivity contribution < 1.29 is 14.6 Å². The summed E-state index contributed by atoms with van der Waals surface area (Å²) in [6, 6.07) is 7.44. The van der Waals surface area contributed by atoms with Gasteiger partial charge in [0.05, 0.1) is 13.7 Å². The van der Waals surface area contributed by atoms with Crippen LogP contribution in [0, 0.1) is 0 Å². The zero-order valence-electron chi connectivity index (χ0n) is 13.9. The molecular formula is C17H26N2O3. The monoisotopic (exact) mass is 306 g/mol. The van der Waals surface area contributed by atoms with Gasteiger partial charge >= 0.3 is 0 Å². The number of methoxy groups -OCH3 is 1. The van der Waals surface area contributed by atoms with Crippen LogP contribution in [0.5, 0.6) is 5.75 Å². The van der Waals surface area contributed by atoms with Crippen molar-refractivity contribution in [2.75, 3.05) is 34.3 Å². The summed E-state index contributed by atoms with van der Waals surface area (Å²) in [4.78, 5) is 15.7. The average Bonchev–Trinajstić information content (AvgIpc) is 2.96. The Kier molecular flexibility index (Phi) is 5.08. The summed E-state index contributed by atoms with van der Waals surface area (Å²) in [7, 11) is 5.14. The highest BCUT2D eigenvalue weighted by Crippen LogP contribution is 2.35. The number of benzene rings is 1. The molecule has 1 aromatic carbocycles. The fourth-order valence-electron chi connectivity index (χ4n) is 3.09. The van der Waals surface area contributed by atoms with E-state index in [2.05, 4.69) is 4.90 Å². The van der Waals surface area contributed by atoms with Gasteiger partial charge in [0.15, 0.2) is 0 Å². The molecular weight excluding hydrogens is 280 g/mol. The van der Waals surface area contributed by atoms with E-state index in [1.165, 1.54) is 0 Å². The van der Waals surface area contributed by atoms with E-state index in [1.807, 2.05) is 31.2 Å². The molecule has 1 N–H and O–H groups in total. The molecule has 1 aliphatic heterocycles. The first-order chi connectivity index (χ1) is 10.4. The molecule has 1 aromatic rings. The van der Waals surface area contributed by atoms with Crippen LogP contribution in [-0.2, 0) is 10.4 Å². The summed E-state index contributed by atoms with van der Waals surface area (Å²) in [5.74, 6) is 0.836. The van der Waals surface area contributed by atoms with Gasteiger partial charge in [0.1, 0.15) is 11.4 Å². The molecule has 1 heterocycles. The van der Waals surface area contributed by atoms with Crippen molar-refractivity contribution in [1.29, 1.82) is 0 Å². The van der Waals surface area contributed by atoms with Gasteiger partial charge in [0.2, 0.25) is 5.91 Å². The van der Waals surface area contributed by atoms with Crippen LogP contribution in [0.4, 0.5) is 0 Å². The Bertz CT molecular complexity index is 511. The van der Waals surface area contributed by atoms with Gasteiger partial charge in [-0.2, -0.15) is 0 Å². The van der Waals surface area contributed by atoms with Crippen molar-refractivity contribution in [3.8, 4) is 5.75 Å². The quantitative estimate of drug-likeness (QED) is 0.895. The molecule has 0 bridgehead atoms. The van der Waals surface area contributed by atoms with Gasteiger partial charge in [-0.1, -0.05) is 12.1 Å². The largest absolute Gasteiger partial charge is 0.497 e. The topological polar surface area (TPSA) is 53.0 Å². The molecule has 2 atom stereocenters. The predicted octanol–water partition coefficient (Wildman–Crippen LogP) is 1.46. The van der Waals surface area contributed by atoms with E-state index in [-0.39, 0.29) is 11.9 Å². The smallest absolute Gasteiger partial charge is 0.236 e. The first kappa shape index (κ1) is 16.8. The minimum Gasteiger partial charge on any atom is -0.497 e. The number of nitrogens with zero attached hydrogens (tertiary/aromatic N) is 2. The third kappa shape index (κ3) is 3.42. The Morgan fingerprint density at radius 1 is 1.41 bits per heavy atom. The van der Waals surface area contributed by atoms with Crippen molar-refractivity contribution in [2.45, 2.75) is 31.4 Å². The van der Waals surface area contributed by atoms with Crippen LogP contribution in [0.3, 0.4) is 0 Å². The van der Waals surface area contributed by atoms with Gasteiger partial charge in [0, 0.05) is 20.1 Å². The van der Waals surface area contributed by atoms with Crippen LogP contribution in [0.15, 0.2) is 24.3 Å². The van der Waals surface area contributed by atoms with Crippen LogP contribution in [0.25, 0.3) is 0 Å². The van der Waals surface area contributed by atoms with Crippen molar-refractivity contribution in [1.82, 2.24) is 9.80 Å². The van der Waals surface area contributed by atoms with E-state index in [9.17, 15) is 9.90 Å². The Labute approximate surface area is 132 Å². The highest BCUT2D eigenvalue weighted by molar-refractivity contribution is 5.77. The molecule has 1 aliphatic rings. The Morgan fingerprint density at radius 2 is 2.05 bits per heavy atom. The summed E-state index contributed by atoms with van der Waals surface area (Å²) in [5.41, 5.74) is -0.141. The Hall–Kier alpha value is -1.59. The minimum absolute atomic E-state index is 0.0511. The van der Waals surface area contributed by atoms with E-state index in [4.69, 9.17) is 4.74 Å². The number of carbonyl (C=O) groups excluding carboxylic acids is 1. The fourth-order valence-corrected chi connectivity index (χ4v) is 3.09. The molecule has 0 spiro atoms. The third-order valence-corrected chi connectivity index (χ3v) is 4.52. The molecule has 0 radical (unpaired) electrons. The molecule has 0 aliphatic carbocycles. The van der Waals surface area contributed by atoms with Crippen molar-refractivity contribution in [3.05, 3.63) is 29.8 Å². The van der Waals surface area contributed by atoms with E-state index in [1.54, 1.807) is 26.1 Å².